The van der Waals surface area contributed by atoms with Crippen LogP contribution in [0.25, 0.3) is 10.2 Å². The largest absolute Gasteiger partial charge is 0.357 e. The molecule has 0 radical (unpaired) electrons. The van der Waals surface area contributed by atoms with Crippen LogP contribution in [0, 0.1) is 13.8 Å². The number of anilines is 3. The van der Waals surface area contributed by atoms with Gasteiger partial charge in [-0.1, -0.05) is 0 Å². The number of fused-ring (bicyclic) bond motifs is 1. The average Bonchev–Trinajstić information content (AvgIpc) is 2.91. The molecule has 0 unspecified atom stereocenters. The van der Waals surface area contributed by atoms with Gasteiger partial charge in [-0.25, -0.2) is 4.98 Å². The molecule has 0 aliphatic carbocycles. The van der Waals surface area contributed by atoms with Gasteiger partial charge in [0.1, 0.15) is 10.6 Å². The molecule has 0 spiro atoms. The Bertz CT molecular complexity index is 773. The summed E-state index contributed by atoms with van der Waals surface area (Å²) < 4.78 is 1.79. The molecule has 0 bridgehead atoms. The molecule has 3 heterocycles. The Balaban J connectivity index is 2.11. The van der Waals surface area contributed by atoms with Crippen LogP contribution in [0.4, 0.5) is 17.5 Å². The Morgan fingerprint density at radius 2 is 2.05 bits per heavy atom. The number of nitrogens with one attached hydrogen (secondary N) is 2. The van der Waals surface area contributed by atoms with Crippen molar-refractivity contribution >= 4 is 39.0 Å². The predicted octanol–water partition coefficient (Wildman–Crippen LogP) is 2.83. The van der Waals surface area contributed by atoms with Crippen molar-refractivity contribution in [2.24, 2.45) is 7.05 Å². The van der Waals surface area contributed by atoms with Crippen molar-refractivity contribution in [2.75, 3.05) is 17.7 Å². The predicted molar refractivity (Wildman–Crippen MR) is 82.9 cm³/mol. The molecular weight excluding hydrogens is 272 g/mol. The molecule has 0 saturated carbocycles. The Labute approximate surface area is 120 Å². The summed E-state index contributed by atoms with van der Waals surface area (Å²) >= 11 is 1.66. The van der Waals surface area contributed by atoms with E-state index in [0.29, 0.717) is 5.95 Å². The summed E-state index contributed by atoms with van der Waals surface area (Å²) in [4.78, 5) is 11.2. The van der Waals surface area contributed by atoms with Gasteiger partial charge in [0, 0.05) is 25.2 Å². The number of hydrogen-bond acceptors (Lipinski definition) is 6. The van der Waals surface area contributed by atoms with Gasteiger partial charge >= 0.3 is 0 Å². The molecule has 0 aliphatic heterocycles. The summed E-state index contributed by atoms with van der Waals surface area (Å²) in [5.74, 6) is 1.42. The maximum Gasteiger partial charge on any atom is 0.225 e. The average molecular weight is 288 g/mol. The molecule has 3 aromatic heterocycles. The molecule has 0 atom stereocenters. The second kappa shape index (κ2) is 4.75. The minimum absolute atomic E-state index is 0.614. The highest BCUT2D eigenvalue weighted by Crippen LogP contribution is 2.31. The molecule has 2 N–H and O–H groups in total. The van der Waals surface area contributed by atoms with E-state index in [1.54, 1.807) is 16.0 Å². The second-order valence-electron chi connectivity index (χ2n) is 4.65. The van der Waals surface area contributed by atoms with Crippen molar-refractivity contribution in [1.29, 1.82) is 0 Å². The van der Waals surface area contributed by atoms with E-state index in [1.807, 2.05) is 27.2 Å². The van der Waals surface area contributed by atoms with E-state index in [4.69, 9.17) is 0 Å². The van der Waals surface area contributed by atoms with Crippen LogP contribution >= 0.6 is 11.3 Å². The van der Waals surface area contributed by atoms with E-state index in [9.17, 15) is 0 Å². The zero-order chi connectivity index (χ0) is 14.3. The maximum absolute atomic E-state index is 4.51. The first-order valence-electron chi connectivity index (χ1n) is 6.30. The molecular formula is C13H16N6S. The summed E-state index contributed by atoms with van der Waals surface area (Å²) in [6.45, 7) is 4.04. The smallest absolute Gasteiger partial charge is 0.225 e. The molecule has 0 fully saturated rings. The molecule has 0 saturated heterocycles. The van der Waals surface area contributed by atoms with Crippen LogP contribution in [0.5, 0.6) is 0 Å². The minimum atomic E-state index is 0.614. The topological polar surface area (TPSA) is 67.7 Å². The SMILES string of the molecule is CNc1nc(Nc2cn(C)nc2C)c2cc(C)sc2n1. The third kappa shape index (κ3) is 2.20. The lowest BCUT2D eigenvalue weighted by molar-refractivity contribution is 0.756. The minimum Gasteiger partial charge on any atom is -0.357 e. The van der Waals surface area contributed by atoms with Gasteiger partial charge in [0.25, 0.3) is 0 Å². The van der Waals surface area contributed by atoms with Gasteiger partial charge in [-0.05, 0) is 19.9 Å². The van der Waals surface area contributed by atoms with E-state index in [-0.39, 0.29) is 0 Å². The van der Waals surface area contributed by atoms with E-state index in [2.05, 4.69) is 38.7 Å². The fraction of sp³-hybridized carbons (Fsp3) is 0.308. The Kier molecular flexibility index (Phi) is 3.06. The molecule has 0 aliphatic rings. The monoisotopic (exact) mass is 288 g/mol. The third-order valence-electron chi connectivity index (χ3n) is 3.01. The summed E-state index contributed by atoms with van der Waals surface area (Å²) in [6, 6.07) is 2.10. The normalized spacial score (nSPS) is 11.0. The highest BCUT2D eigenvalue weighted by atomic mass is 32.1. The summed E-state index contributed by atoms with van der Waals surface area (Å²) in [7, 11) is 3.72. The third-order valence-corrected chi connectivity index (χ3v) is 3.95. The molecule has 0 amide bonds. The van der Waals surface area contributed by atoms with Crippen molar-refractivity contribution in [2.45, 2.75) is 13.8 Å². The molecule has 3 rings (SSSR count). The molecule has 7 heteroatoms. The fourth-order valence-corrected chi connectivity index (χ4v) is 2.98. The highest BCUT2D eigenvalue weighted by molar-refractivity contribution is 7.18. The van der Waals surface area contributed by atoms with Crippen molar-refractivity contribution in [1.82, 2.24) is 19.7 Å². The van der Waals surface area contributed by atoms with Crippen molar-refractivity contribution in [3.05, 3.63) is 22.8 Å². The molecule has 104 valence electrons. The number of hydrogen-bond donors (Lipinski definition) is 2. The first-order valence-corrected chi connectivity index (χ1v) is 7.11. The number of aryl methyl sites for hydroxylation is 3. The van der Waals surface area contributed by atoms with Gasteiger partial charge in [0.15, 0.2) is 0 Å². The summed E-state index contributed by atoms with van der Waals surface area (Å²) in [6.07, 6.45) is 1.95. The van der Waals surface area contributed by atoms with E-state index >= 15 is 0 Å². The highest BCUT2D eigenvalue weighted by Gasteiger charge is 2.12. The molecule has 6 nitrogen and oxygen atoms in total. The zero-order valence-corrected chi connectivity index (χ0v) is 12.7. The number of thiophene rings is 1. The molecule has 0 aromatic carbocycles. The van der Waals surface area contributed by atoms with Gasteiger partial charge in [0.05, 0.1) is 16.8 Å². The zero-order valence-electron chi connectivity index (χ0n) is 11.9. The lowest BCUT2D eigenvalue weighted by atomic mass is 10.3. The second-order valence-corrected chi connectivity index (χ2v) is 5.88. The van der Waals surface area contributed by atoms with Crippen LogP contribution in [0.2, 0.25) is 0 Å². The van der Waals surface area contributed by atoms with E-state index < -0.39 is 0 Å². The molecule has 20 heavy (non-hydrogen) atoms. The van der Waals surface area contributed by atoms with Crippen LogP contribution in [-0.4, -0.2) is 26.8 Å². The van der Waals surface area contributed by atoms with Gasteiger partial charge in [-0.3, -0.25) is 4.68 Å². The standard InChI is InChI=1S/C13H16N6S/c1-7-5-9-11(15-10-6-19(4)18-8(10)2)16-13(14-3)17-12(9)20-7/h5-6H,1-4H3,(H2,14,15,16,17). The fourth-order valence-electron chi connectivity index (χ4n) is 2.10. The lowest BCUT2D eigenvalue weighted by Crippen LogP contribution is -2.01. The van der Waals surface area contributed by atoms with Crippen molar-refractivity contribution in [3.63, 3.8) is 0 Å². The van der Waals surface area contributed by atoms with Gasteiger partial charge in [-0.15, -0.1) is 11.3 Å². The lowest BCUT2D eigenvalue weighted by Gasteiger charge is -2.07. The van der Waals surface area contributed by atoms with Crippen LogP contribution in [-0.2, 0) is 7.05 Å². The van der Waals surface area contributed by atoms with E-state index in [1.165, 1.54) is 4.88 Å². The quantitative estimate of drug-likeness (QED) is 0.775. The van der Waals surface area contributed by atoms with Gasteiger partial charge in [0.2, 0.25) is 5.95 Å². The Morgan fingerprint density at radius 3 is 2.70 bits per heavy atom. The van der Waals surface area contributed by atoms with Crippen LogP contribution in [0.1, 0.15) is 10.6 Å². The number of aromatic nitrogens is 4. The van der Waals surface area contributed by atoms with Crippen molar-refractivity contribution < 1.29 is 0 Å². The molecule has 3 aromatic rings. The van der Waals surface area contributed by atoms with E-state index in [0.717, 1.165) is 27.4 Å². The van der Waals surface area contributed by atoms with Crippen LogP contribution in [0.3, 0.4) is 0 Å². The Morgan fingerprint density at radius 1 is 1.25 bits per heavy atom. The number of nitrogens with zero attached hydrogens (tertiary/aromatic N) is 4. The first kappa shape index (κ1) is 12.9. The van der Waals surface area contributed by atoms with Crippen LogP contribution in [0.15, 0.2) is 12.3 Å². The van der Waals surface area contributed by atoms with Crippen molar-refractivity contribution in [3.8, 4) is 0 Å². The maximum atomic E-state index is 4.51. The van der Waals surface area contributed by atoms with Gasteiger partial charge in [-0.2, -0.15) is 10.1 Å². The first-order chi connectivity index (χ1) is 9.56. The Hall–Kier alpha value is -2.15. The van der Waals surface area contributed by atoms with Crippen LogP contribution < -0.4 is 10.6 Å². The number of rotatable bonds is 3. The summed E-state index contributed by atoms with van der Waals surface area (Å²) in [5, 5.41) is 11.7. The van der Waals surface area contributed by atoms with Gasteiger partial charge < -0.3 is 10.6 Å². The summed E-state index contributed by atoms with van der Waals surface area (Å²) in [5.41, 5.74) is 1.90.